The van der Waals surface area contributed by atoms with E-state index in [0.717, 1.165) is 5.56 Å². The monoisotopic (exact) mass is 169 g/mol. The Balaban J connectivity index is 3.28. The Morgan fingerprint density at radius 2 is 2.08 bits per heavy atom. The first-order valence-electron chi connectivity index (χ1n) is 3.77. The van der Waals surface area contributed by atoms with Gasteiger partial charge in [0, 0.05) is 11.6 Å². The van der Waals surface area contributed by atoms with Gasteiger partial charge in [-0.1, -0.05) is 6.07 Å². The normalized spacial score (nSPS) is 13.0. The number of phenolic OH excluding ortho intramolecular Hbond substituents is 1. The quantitative estimate of drug-likeness (QED) is 0.674. The summed E-state index contributed by atoms with van der Waals surface area (Å²) in [5.41, 5.74) is 6.74. The standard InChI is InChI=1S/C9H12FNO/c1-5-3-7(6(2)11)9(12)8(10)4-5/h3-4,6,12H,11H2,1-2H3. The SMILES string of the molecule is Cc1cc(F)c(O)c(C(C)N)c1. The lowest BCUT2D eigenvalue weighted by atomic mass is 10.0. The molecule has 1 atom stereocenters. The Morgan fingerprint density at radius 3 is 2.58 bits per heavy atom. The van der Waals surface area contributed by atoms with Crippen LogP contribution in [-0.2, 0) is 0 Å². The largest absolute Gasteiger partial charge is 0.505 e. The van der Waals surface area contributed by atoms with Crippen molar-refractivity contribution in [1.82, 2.24) is 0 Å². The number of benzene rings is 1. The van der Waals surface area contributed by atoms with Gasteiger partial charge in [-0.15, -0.1) is 0 Å². The summed E-state index contributed by atoms with van der Waals surface area (Å²) in [6.07, 6.45) is 0. The summed E-state index contributed by atoms with van der Waals surface area (Å²) in [4.78, 5) is 0. The van der Waals surface area contributed by atoms with Crippen molar-refractivity contribution in [2.45, 2.75) is 19.9 Å². The van der Waals surface area contributed by atoms with E-state index in [1.54, 1.807) is 19.9 Å². The molecule has 0 bridgehead atoms. The lowest BCUT2D eigenvalue weighted by Crippen LogP contribution is -2.06. The fourth-order valence-corrected chi connectivity index (χ4v) is 1.11. The molecule has 0 saturated carbocycles. The Labute approximate surface area is 70.8 Å². The maximum absolute atomic E-state index is 12.9. The van der Waals surface area contributed by atoms with Gasteiger partial charge in [0.25, 0.3) is 0 Å². The molecule has 3 heteroatoms. The zero-order valence-corrected chi connectivity index (χ0v) is 7.13. The molecule has 66 valence electrons. The molecule has 0 saturated heterocycles. The van der Waals surface area contributed by atoms with Gasteiger partial charge in [0.2, 0.25) is 0 Å². The van der Waals surface area contributed by atoms with Crippen molar-refractivity contribution in [3.05, 3.63) is 29.1 Å². The van der Waals surface area contributed by atoms with E-state index in [1.807, 2.05) is 0 Å². The molecular weight excluding hydrogens is 157 g/mol. The van der Waals surface area contributed by atoms with E-state index in [4.69, 9.17) is 5.73 Å². The zero-order chi connectivity index (χ0) is 9.30. The van der Waals surface area contributed by atoms with E-state index in [-0.39, 0.29) is 11.8 Å². The van der Waals surface area contributed by atoms with Crippen molar-refractivity contribution >= 4 is 0 Å². The minimum Gasteiger partial charge on any atom is -0.505 e. The molecule has 0 radical (unpaired) electrons. The second-order valence-electron chi connectivity index (χ2n) is 2.97. The average Bonchev–Trinajstić information content (AvgIpc) is 1.96. The first-order chi connectivity index (χ1) is 5.52. The van der Waals surface area contributed by atoms with Gasteiger partial charge in [0.05, 0.1) is 0 Å². The molecule has 1 aromatic carbocycles. The van der Waals surface area contributed by atoms with Crippen molar-refractivity contribution in [1.29, 1.82) is 0 Å². The maximum Gasteiger partial charge on any atom is 0.165 e. The molecule has 1 aromatic rings. The number of halogens is 1. The Hall–Kier alpha value is -1.09. The number of phenols is 1. The summed E-state index contributed by atoms with van der Waals surface area (Å²) in [6, 6.07) is 2.61. The van der Waals surface area contributed by atoms with Crippen LogP contribution in [0, 0.1) is 12.7 Å². The number of rotatable bonds is 1. The lowest BCUT2D eigenvalue weighted by molar-refractivity contribution is 0.422. The molecule has 0 aliphatic heterocycles. The molecule has 0 aliphatic rings. The maximum atomic E-state index is 12.9. The third-order valence-electron chi connectivity index (χ3n) is 1.73. The third-order valence-corrected chi connectivity index (χ3v) is 1.73. The number of hydrogen-bond acceptors (Lipinski definition) is 2. The van der Waals surface area contributed by atoms with Crippen LogP contribution in [0.25, 0.3) is 0 Å². The topological polar surface area (TPSA) is 46.2 Å². The highest BCUT2D eigenvalue weighted by molar-refractivity contribution is 5.38. The van der Waals surface area contributed by atoms with Crippen LogP contribution in [-0.4, -0.2) is 5.11 Å². The highest BCUT2D eigenvalue weighted by atomic mass is 19.1. The van der Waals surface area contributed by atoms with Crippen LogP contribution in [0.1, 0.15) is 24.1 Å². The van der Waals surface area contributed by atoms with E-state index in [0.29, 0.717) is 5.56 Å². The van der Waals surface area contributed by atoms with Crippen molar-refractivity contribution in [2.24, 2.45) is 5.73 Å². The van der Waals surface area contributed by atoms with Crippen molar-refractivity contribution in [3.8, 4) is 5.75 Å². The molecule has 0 spiro atoms. The summed E-state index contributed by atoms with van der Waals surface area (Å²) >= 11 is 0. The Kier molecular flexibility index (Phi) is 2.33. The average molecular weight is 169 g/mol. The summed E-state index contributed by atoms with van der Waals surface area (Å²) in [6.45, 7) is 3.46. The molecule has 12 heavy (non-hydrogen) atoms. The molecule has 0 aliphatic carbocycles. The summed E-state index contributed by atoms with van der Waals surface area (Å²) in [5, 5.41) is 9.24. The molecule has 1 rings (SSSR count). The Morgan fingerprint density at radius 1 is 1.50 bits per heavy atom. The predicted molar refractivity (Wildman–Crippen MR) is 45.4 cm³/mol. The minimum absolute atomic E-state index is 0.337. The van der Waals surface area contributed by atoms with Gasteiger partial charge in [-0.2, -0.15) is 0 Å². The first-order valence-corrected chi connectivity index (χ1v) is 3.77. The van der Waals surface area contributed by atoms with Crippen LogP contribution in [0.5, 0.6) is 5.75 Å². The first kappa shape index (κ1) is 9.00. The molecule has 2 nitrogen and oxygen atoms in total. The predicted octanol–water partition coefficient (Wildman–Crippen LogP) is 1.86. The second kappa shape index (κ2) is 3.11. The fraction of sp³-hybridized carbons (Fsp3) is 0.333. The van der Waals surface area contributed by atoms with Crippen LogP contribution >= 0.6 is 0 Å². The number of hydrogen-bond donors (Lipinski definition) is 2. The highest BCUT2D eigenvalue weighted by Crippen LogP contribution is 2.26. The molecule has 1 unspecified atom stereocenters. The highest BCUT2D eigenvalue weighted by Gasteiger charge is 2.10. The Bertz CT molecular complexity index is 297. The van der Waals surface area contributed by atoms with Gasteiger partial charge in [-0.25, -0.2) is 4.39 Å². The number of aryl methyl sites for hydroxylation is 1. The van der Waals surface area contributed by atoms with E-state index >= 15 is 0 Å². The molecular formula is C9H12FNO. The van der Waals surface area contributed by atoms with Crippen LogP contribution in [0.4, 0.5) is 4.39 Å². The van der Waals surface area contributed by atoms with Crippen LogP contribution in [0.15, 0.2) is 12.1 Å². The van der Waals surface area contributed by atoms with Crippen LogP contribution < -0.4 is 5.73 Å². The zero-order valence-electron chi connectivity index (χ0n) is 7.13. The summed E-state index contributed by atoms with van der Waals surface area (Å²) in [7, 11) is 0. The van der Waals surface area contributed by atoms with Crippen LogP contribution in [0.2, 0.25) is 0 Å². The van der Waals surface area contributed by atoms with E-state index < -0.39 is 5.82 Å². The smallest absolute Gasteiger partial charge is 0.165 e. The summed E-state index contributed by atoms with van der Waals surface area (Å²) < 4.78 is 12.9. The molecule has 0 heterocycles. The van der Waals surface area contributed by atoms with E-state index in [1.165, 1.54) is 6.07 Å². The third kappa shape index (κ3) is 1.56. The van der Waals surface area contributed by atoms with Crippen molar-refractivity contribution in [3.63, 3.8) is 0 Å². The van der Waals surface area contributed by atoms with Gasteiger partial charge in [0.15, 0.2) is 11.6 Å². The van der Waals surface area contributed by atoms with Crippen molar-refractivity contribution < 1.29 is 9.50 Å². The fourth-order valence-electron chi connectivity index (χ4n) is 1.11. The van der Waals surface area contributed by atoms with E-state index in [2.05, 4.69) is 0 Å². The number of nitrogens with two attached hydrogens (primary N) is 1. The molecule has 3 N–H and O–H groups in total. The lowest BCUT2D eigenvalue weighted by Gasteiger charge is -2.09. The molecule has 0 aromatic heterocycles. The number of aromatic hydroxyl groups is 1. The van der Waals surface area contributed by atoms with Gasteiger partial charge in [-0.3, -0.25) is 0 Å². The van der Waals surface area contributed by atoms with Gasteiger partial charge < -0.3 is 10.8 Å². The van der Waals surface area contributed by atoms with Gasteiger partial charge >= 0.3 is 0 Å². The van der Waals surface area contributed by atoms with Gasteiger partial charge in [0.1, 0.15) is 0 Å². The second-order valence-corrected chi connectivity index (χ2v) is 2.97. The van der Waals surface area contributed by atoms with Crippen LogP contribution in [0.3, 0.4) is 0 Å². The minimum atomic E-state index is -0.609. The molecule has 0 amide bonds. The van der Waals surface area contributed by atoms with Gasteiger partial charge in [-0.05, 0) is 25.5 Å². The summed E-state index contributed by atoms with van der Waals surface area (Å²) in [5.74, 6) is -0.946. The van der Waals surface area contributed by atoms with E-state index in [9.17, 15) is 9.50 Å². The molecule has 0 fully saturated rings. The van der Waals surface area contributed by atoms with Crippen molar-refractivity contribution in [2.75, 3.05) is 0 Å².